The first-order valence-electron chi connectivity index (χ1n) is 7.47. The maximum Gasteiger partial charge on any atom is 0.322 e. The average Bonchev–Trinajstić information content (AvgIpc) is 3.06. The van der Waals surface area contributed by atoms with E-state index in [1.165, 1.54) is 12.8 Å². The number of thioether (sulfide) groups is 1. The fourth-order valence-electron chi connectivity index (χ4n) is 2.67. The average molecular weight is 303 g/mol. The van der Waals surface area contributed by atoms with Crippen molar-refractivity contribution in [2.45, 2.75) is 57.0 Å². The van der Waals surface area contributed by atoms with Gasteiger partial charge in [0.25, 0.3) is 0 Å². The molecule has 1 aliphatic carbocycles. The summed E-state index contributed by atoms with van der Waals surface area (Å²) >= 11 is 1.76. The third kappa shape index (κ3) is 4.35. The largest absolute Gasteiger partial charge is 0.465 e. The molecule has 2 atom stereocenters. The van der Waals surface area contributed by atoms with Gasteiger partial charge in [0.05, 0.1) is 19.3 Å². The van der Waals surface area contributed by atoms with Crippen molar-refractivity contribution in [2.75, 3.05) is 24.7 Å². The number of ether oxygens (including phenoxy) is 3. The van der Waals surface area contributed by atoms with E-state index >= 15 is 0 Å². The molecular weight excluding hydrogens is 278 g/mol. The first-order chi connectivity index (χ1) is 9.65. The molecule has 116 valence electrons. The second-order valence-electron chi connectivity index (χ2n) is 5.39. The highest BCUT2D eigenvalue weighted by atomic mass is 32.2. The fourth-order valence-corrected chi connectivity index (χ4v) is 3.68. The molecule has 1 heterocycles. The molecule has 0 aromatic heterocycles. The molecule has 5 nitrogen and oxygen atoms in total. The SMILES string of the molecule is CCOC(=O)C(N)CCSCC1COC2(CCCC2)O1. The van der Waals surface area contributed by atoms with E-state index < -0.39 is 6.04 Å². The molecule has 0 amide bonds. The Balaban J connectivity index is 1.57. The first kappa shape index (κ1) is 16.1. The second-order valence-corrected chi connectivity index (χ2v) is 6.54. The van der Waals surface area contributed by atoms with Crippen LogP contribution in [0.5, 0.6) is 0 Å². The normalized spacial score (nSPS) is 26.0. The molecule has 1 spiro atoms. The van der Waals surface area contributed by atoms with Gasteiger partial charge in [-0.15, -0.1) is 0 Å². The Bertz CT molecular complexity index is 320. The fraction of sp³-hybridized carbons (Fsp3) is 0.929. The van der Waals surface area contributed by atoms with Crippen LogP contribution >= 0.6 is 11.8 Å². The van der Waals surface area contributed by atoms with Crippen LogP contribution in [0.2, 0.25) is 0 Å². The molecule has 0 bridgehead atoms. The molecule has 2 rings (SSSR count). The van der Waals surface area contributed by atoms with Crippen LogP contribution in [0.25, 0.3) is 0 Å². The number of rotatable bonds is 7. The number of esters is 1. The van der Waals surface area contributed by atoms with Crippen LogP contribution in [0.1, 0.15) is 39.0 Å². The smallest absolute Gasteiger partial charge is 0.322 e. The summed E-state index contributed by atoms with van der Waals surface area (Å²) in [5.41, 5.74) is 5.75. The molecule has 6 heteroatoms. The lowest BCUT2D eigenvalue weighted by Gasteiger charge is -2.21. The lowest BCUT2D eigenvalue weighted by Crippen LogP contribution is -2.33. The standard InChI is InChI=1S/C14H25NO4S/c1-2-17-13(16)12(15)5-8-20-10-11-9-18-14(19-11)6-3-4-7-14/h11-12H,2-10,15H2,1H3. The number of hydrogen-bond donors (Lipinski definition) is 1. The monoisotopic (exact) mass is 303 g/mol. The van der Waals surface area contributed by atoms with E-state index in [0.717, 1.165) is 24.3 Å². The maximum atomic E-state index is 11.4. The zero-order chi connectivity index (χ0) is 14.4. The van der Waals surface area contributed by atoms with Gasteiger partial charge in [0.1, 0.15) is 6.04 Å². The van der Waals surface area contributed by atoms with Gasteiger partial charge in [-0.2, -0.15) is 11.8 Å². The van der Waals surface area contributed by atoms with Crippen molar-refractivity contribution in [1.82, 2.24) is 0 Å². The number of nitrogens with two attached hydrogens (primary N) is 1. The number of hydrogen-bond acceptors (Lipinski definition) is 6. The summed E-state index contributed by atoms with van der Waals surface area (Å²) in [6.45, 7) is 2.86. The zero-order valence-corrected chi connectivity index (χ0v) is 13.0. The van der Waals surface area contributed by atoms with Crippen LogP contribution in [-0.4, -0.2) is 48.6 Å². The van der Waals surface area contributed by atoms with Crippen molar-refractivity contribution in [3.05, 3.63) is 0 Å². The molecular formula is C14H25NO4S. The maximum absolute atomic E-state index is 11.4. The quantitative estimate of drug-likeness (QED) is 0.570. The van der Waals surface area contributed by atoms with Gasteiger partial charge in [-0.3, -0.25) is 4.79 Å². The lowest BCUT2D eigenvalue weighted by atomic mass is 10.2. The minimum atomic E-state index is -0.510. The highest BCUT2D eigenvalue weighted by molar-refractivity contribution is 7.99. The van der Waals surface area contributed by atoms with Gasteiger partial charge in [-0.25, -0.2) is 0 Å². The van der Waals surface area contributed by atoms with Crippen molar-refractivity contribution in [1.29, 1.82) is 0 Å². The first-order valence-corrected chi connectivity index (χ1v) is 8.62. The van der Waals surface area contributed by atoms with Gasteiger partial charge in [0.2, 0.25) is 0 Å². The van der Waals surface area contributed by atoms with Gasteiger partial charge >= 0.3 is 5.97 Å². The Kier molecular flexibility index (Phi) is 6.14. The predicted octanol–water partition coefficient (Wildman–Crippen LogP) is 1.69. The summed E-state index contributed by atoms with van der Waals surface area (Å²) in [4.78, 5) is 11.4. The molecule has 2 N–H and O–H groups in total. The summed E-state index contributed by atoms with van der Waals surface area (Å²) in [5, 5.41) is 0. The van der Waals surface area contributed by atoms with Crippen molar-refractivity contribution in [2.24, 2.45) is 5.73 Å². The predicted molar refractivity (Wildman–Crippen MR) is 78.6 cm³/mol. The van der Waals surface area contributed by atoms with E-state index in [4.69, 9.17) is 19.9 Å². The van der Waals surface area contributed by atoms with Gasteiger partial charge in [0, 0.05) is 18.6 Å². The summed E-state index contributed by atoms with van der Waals surface area (Å²) in [5.74, 6) is 1.16. The van der Waals surface area contributed by atoms with Crippen LogP contribution < -0.4 is 5.73 Å². The molecule has 2 fully saturated rings. The van der Waals surface area contributed by atoms with Crippen LogP contribution in [0, 0.1) is 0 Å². The van der Waals surface area contributed by atoms with E-state index in [-0.39, 0.29) is 17.9 Å². The van der Waals surface area contributed by atoms with Crippen molar-refractivity contribution in [3.8, 4) is 0 Å². The summed E-state index contributed by atoms with van der Waals surface area (Å²) in [6.07, 6.45) is 5.28. The number of carbonyl (C=O) groups excluding carboxylic acids is 1. The minimum Gasteiger partial charge on any atom is -0.465 e. The highest BCUT2D eigenvalue weighted by Gasteiger charge is 2.43. The molecule has 0 aromatic carbocycles. The zero-order valence-electron chi connectivity index (χ0n) is 12.1. The highest BCUT2D eigenvalue weighted by Crippen LogP contribution is 2.39. The molecule has 1 saturated carbocycles. The molecule has 20 heavy (non-hydrogen) atoms. The van der Waals surface area contributed by atoms with Crippen LogP contribution in [0.3, 0.4) is 0 Å². The third-order valence-corrected chi connectivity index (χ3v) is 4.88. The summed E-state index contributed by atoms with van der Waals surface area (Å²) in [7, 11) is 0. The van der Waals surface area contributed by atoms with Crippen LogP contribution in [-0.2, 0) is 19.0 Å². The minimum absolute atomic E-state index is 0.178. The number of carbonyl (C=O) groups is 1. The van der Waals surface area contributed by atoms with E-state index in [9.17, 15) is 4.79 Å². The van der Waals surface area contributed by atoms with Gasteiger partial charge < -0.3 is 19.9 Å². The van der Waals surface area contributed by atoms with E-state index in [1.54, 1.807) is 18.7 Å². The molecule has 2 unspecified atom stereocenters. The van der Waals surface area contributed by atoms with Gasteiger partial charge in [-0.05, 0) is 31.9 Å². The molecule has 2 aliphatic rings. The molecule has 1 aliphatic heterocycles. The topological polar surface area (TPSA) is 70.8 Å². The Labute approximate surface area is 124 Å². The molecule has 1 saturated heterocycles. The van der Waals surface area contributed by atoms with Crippen molar-refractivity contribution < 1.29 is 19.0 Å². The van der Waals surface area contributed by atoms with Crippen molar-refractivity contribution in [3.63, 3.8) is 0 Å². The Morgan fingerprint density at radius 3 is 2.95 bits per heavy atom. The van der Waals surface area contributed by atoms with Crippen LogP contribution in [0.4, 0.5) is 0 Å². The summed E-state index contributed by atoms with van der Waals surface area (Å²) in [6, 6.07) is -0.510. The molecule has 0 radical (unpaired) electrons. The lowest BCUT2D eigenvalue weighted by molar-refractivity contribution is -0.159. The van der Waals surface area contributed by atoms with Gasteiger partial charge in [0.15, 0.2) is 5.79 Å². The second kappa shape index (κ2) is 7.64. The summed E-state index contributed by atoms with van der Waals surface area (Å²) < 4.78 is 16.7. The van der Waals surface area contributed by atoms with E-state index in [0.29, 0.717) is 19.6 Å². The van der Waals surface area contributed by atoms with Crippen molar-refractivity contribution >= 4 is 17.7 Å². The van der Waals surface area contributed by atoms with Gasteiger partial charge in [-0.1, -0.05) is 0 Å². The molecule has 0 aromatic rings. The Morgan fingerprint density at radius 1 is 1.50 bits per heavy atom. The van der Waals surface area contributed by atoms with E-state index in [2.05, 4.69) is 0 Å². The van der Waals surface area contributed by atoms with E-state index in [1.807, 2.05) is 0 Å². The van der Waals surface area contributed by atoms with Crippen LogP contribution in [0.15, 0.2) is 0 Å². The third-order valence-electron chi connectivity index (χ3n) is 3.75. The Hall–Kier alpha value is -0.300. The Morgan fingerprint density at radius 2 is 2.25 bits per heavy atom.